The minimum absolute atomic E-state index is 0.197. The summed E-state index contributed by atoms with van der Waals surface area (Å²) >= 11 is 0. The van der Waals surface area contributed by atoms with Crippen LogP contribution in [0.3, 0.4) is 0 Å². The number of hydrogen-bond donors (Lipinski definition) is 2. The summed E-state index contributed by atoms with van der Waals surface area (Å²) in [6, 6.07) is 12.0. The summed E-state index contributed by atoms with van der Waals surface area (Å²) < 4.78 is 23.5. The lowest BCUT2D eigenvalue weighted by atomic mass is 10.2. The highest BCUT2D eigenvalue weighted by molar-refractivity contribution is 7.90. The van der Waals surface area contributed by atoms with Gasteiger partial charge in [-0.25, -0.2) is 13.4 Å². The number of nitro groups is 1. The number of imidazole rings is 1. The van der Waals surface area contributed by atoms with Crippen molar-refractivity contribution >= 4 is 32.2 Å². The van der Waals surface area contributed by atoms with E-state index < -0.39 is 20.4 Å². The molecule has 1 aromatic heterocycles. The summed E-state index contributed by atoms with van der Waals surface area (Å²) in [5, 5.41) is 14.3. The quantitative estimate of drug-likeness (QED) is 0.373. The zero-order chi connectivity index (χ0) is 18.7. The van der Waals surface area contributed by atoms with Gasteiger partial charge < -0.3 is 10.3 Å². The number of aromatic amines is 1. The lowest BCUT2D eigenvalue weighted by Gasteiger charge is -2.09. The molecule has 0 aliphatic heterocycles. The molecular weight excluding hydrogens is 356 g/mol. The van der Waals surface area contributed by atoms with Crippen LogP contribution < -0.4 is 5.32 Å². The number of aryl methyl sites for hydroxylation is 1. The molecule has 8 nitrogen and oxygen atoms in total. The fraction of sp³-hybridized carbons (Fsp3) is 0.235. The molecule has 3 rings (SSSR count). The number of rotatable bonds is 7. The first-order valence-corrected chi connectivity index (χ1v) is 9.90. The van der Waals surface area contributed by atoms with Gasteiger partial charge in [0, 0.05) is 19.2 Å². The second kappa shape index (κ2) is 7.12. The van der Waals surface area contributed by atoms with Crippen LogP contribution in [0.4, 0.5) is 11.4 Å². The van der Waals surface area contributed by atoms with Crippen molar-refractivity contribution in [3.8, 4) is 0 Å². The minimum atomic E-state index is -3.69. The van der Waals surface area contributed by atoms with Crippen LogP contribution in [0.2, 0.25) is 0 Å². The Morgan fingerprint density at radius 3 is 2.65 bits per heavy atom. The molecule has 0 amide bonds. The fourth-order valence-electron chi connectivity index (χ4n) is 2.76. The number of benzene rings is 2. The number of H-pyrrole nitrogens is 1. The lowest BCUT2D eigenvalue weighted by molar-refractivity contribution is -0.386. The van der Waals surface area contributed by atoms with Gasteiger partial charge in [0.1, 0.15) is 16.4 Å². The number of aromatic nitrogens is 2. The molecule has 0 saturated heterocycles. The predicted molar refractivity (Wildman–Crippen MR) is 99.1 cm³/mol. The zero-order valence-corrected chi connectivity index (χ0v) is 14.9. The molecule has 9 heteroatoms. The Morgan fingerprint density at radius 2 is 1.96 bits per heavy atom. The Kier molecular flexibility index (Phi) is 4.90. The molecule has 0 bridgehead atoms. The van der Waals surface area contributed by atoms with Gasteiger partial charge in [-0.3, -0.25) is 10.1 Å². The number of anilines is 1. The number of nitrogens with zero attached hydrogens (tertiary/aromatic N) is 2. The maximum Gasteiger partial charge on any atom is 0.310 e. The highest BCUT2D eigenvalue weighted by Gasteiger charge is 2.25. The van der Waals surface area contributed by atoms with E-state index >= 15 is 0 Å². The molecule has 136 valence electrons. The first kappa shape index (κ1) is 17.9. The summed E-state index contributed by atoms with van der Waals surface area (Å²) in [6.45, 7) is 0.450. The molecule has 2 aromatic carbocycles. The van der Waals surface area contributed by atoms with Crippen molar-refractivity contribution in [2.75, 3.05) is 18.1 Å². The normalized spacial score (nSPS) is 11.6. The second-order valence-electron chi connectivity index (χ2n) is 5.91. The van der Waals surface area contributed by atoms with Crippen molar-refractivity contribution in [2.45, 2.75) is 17.7 Å². The average molecular weight is 374 g/mol. The lowest BCUT2D eigenvalue weighted by Crippen LogP contribution is -2.09. The molecule has 26 heavy (non-hydrogen) atoms. The molecule has 0 radical (unpaired) electrons. The molecule has 2 N–H and O–H groups in total. The smallest absolute Gasteiger partial charge is 0.310 e. The van der Waals surface area contributed by atoms with Crippen LogP contribution in [-0.2, 0) is 16.3 Å². The van der Waals surface area contributed by atoms with Gasteiger partial charge in [0.15, 0.2) is 9.84 Å². The maximum absolute atomic E-state index is 11.8. The largest absolute Gasteiger partial charge is 0.379 e. The number of para-hydroxylation sites is 3. The Balaban J connectivity index is 1.69. The van der Waals surface area contributed by atoms with E-state index in [2.05, 4.69) is 15.3 Å². The first-order chi connectivity index (χ1) is 12.4. The Hall–Kier alpha value is -2.94. The van der Waals surface area contributed by atoms with E-state index in [1.54, 1.807) is 0 Å². The van der Waals surface area contributed by atoms with Gasteiger partial charge in [0.2, 0.25) is 0 Å². The predicted octanol–water partition coefficient (Wildman–Crippen LogP) is 2.92. The SMILES string of the molecule is CS(=O)(=O)c1cccc(NCCCc2nc3ccccc3[nH]2)c1[N+](=O)[O-]. The van der Waals surface area contributed by atoms with Gasteiger partial charge in [-0.2, -0.15) is 0 Å². The Morgan fingerprint density at radius 1 is 1.19 bits per heavy atom. The van der Waals surface area contributed by atoms with Crippen molar-refractivity contribution in [3.05, 3.63) is 58.4 Å². The van der Waals surface area contributed by atoms with Gasteiger partial charge in [0.05, 0.1) is 16.0 Å². The van der Waals surface area contributed by atoms with Crippen molar-refractivity contribution in [2.24, 2.45) is 0 Å². The van der Waals surface area contributed by atoms with Gasteiger partial charge in [0.25, 0.3) is 0 Å². The van der Waals surface area contributed by atoms with Gasteiger partial charge in [-0.05, 0) is 30.7 Å². The van der Waals surface area contributed by atoms with Crippen molar-refractivity contribution in [1.82, 2.24) is 9.97 Å². The highest BCUT2D eigenvalue weighted by Crippen LogP contribution is 2.31. The number of fused-ring (bicyclic) bond motifs is 1. The van der Waals surface area contributed by atoms with Crippen molar-refractivity contribution < 1.29 is 13.3 Å². The number of nitrogens with one attached hydrogen (secondary N) is 2. The third kappa shape index (κ3) is 3.83. The summed E-state index contributed by atoms with van der Waals surface area (Å²) in [7, 11) is -3.69. The van der Waals surface area contributed by atoms with Gasteiger partial charge in [-0.1, -0.05) is 18.2 Å². The molecule has 0 atom stereocenters. The van der Waals surface area contributed by atoms with Gasteiger partial charge in [-0.15, -0.1) is 0 Å². The fourth-order valence-corrected chi connectivity index (χ4v) is 3.62. The molecule has 3 aromatic rings. The Bertz CT molecular complexity index is 1030. The Labute approximate surface area is 150 Å². The molecule has 0 spiro atoms. The van der Waals surface area contributed by atoms with E-state index in [0.717, 1.165) is 23.1 Å². The van der Waals surface area contributed by atoms with E-state index in [4.69, 9.17) is 0 Å². The standard InChI is InChI=1S/C17H18N4O4S/c1-26(24,25)15-9-4-8-14(17(15)21(22)23)18-11-5-10-16-19-12-6-2-3-7-13(12)20-16/h2-4,6-9,18H,5,10-11H2,1H3,(H,19,20). The maximum atomic E-state index is 11.8. The van der Waals surface area contributed by atoms with Crippen LogP contribution in [0.5, 0.6) is 0 Å². The van der Waals surface area contributed by atoms with E-state index in [1.165, 1.54) is 18.2 Å². The summed E-state index contributed by atoms with van der Waals surface area (Å²) in [5.74, 6) is 0.840. The van der Waals surface area contributed by atoms with Crippen LogP contribution in [0, 0.1) is 10.1 Å². The molecule has 1 heterocycles. The van der Waals surface area contributed by atoms with Crippen LogP contribution in [0.25, 0.3) is 11.0 Å². The topological polar surface area (TPSA) is 118 Å². The summed E-state index contributed by atoms with van der Waals surface area (Å²) in [5.41, 5.74) is 1.64. The molecule has 0 fully saturated rings. The van der Waals surface area contributed by atoms with E-state index in [-0.39, 0.29) is 10.6 Å². The van der Waals surface area contributed by atoms with Crippen molar-refractivity contribution in [1.29, 1.82) is 0 Å². The minimum Gasteiger partial charge on any atom is -0.379 e. The van der Waals surface area contributed by atoms with Crippen LogP contribution in [0.15, 0.2) is 47.4 Å². The van der Waals surface area contributed by atoms with E-state index in [9.17, 15) is 18.5 Å². The van der Waals surface area contributed by atoms with E-state index in [0.29, 0.717) is 19.4 Å². The zero-order valence-electron chi connectivity index (χ0n) is 14.1. The number of nitro benzene ring substituents is 1. The number of sulfone groups is 1. The van der Waals surface area contributed by atoms with Crippen LogP contribution in [-0.4, -0.2) is 36.1 Å². The molecule has 0 saturated carbocycles. The first-order valence-electron chi connectivity index (χ1n) is 8.01. The van der Waals surface area contributed by atoms with Gasteiger partial charge >= 0.3 is 5.69 Å². The monoisotopic (exact) mass is 374 g/mol. The van der Waals surface area contributed by atoms with Crippen LogP contribution >= 0.6 is 0 Å². The van der Waals surface area contributed by atoms with E-state index in [1.807, 2.05) is 24.3 Å². The molecule has 0 aliphatic carbocycles. The average Bonchev–Trinajstić information content (AvgIpc) is 3.00. The summed E-state index contributed by atoms with van der Waals surface area (Å²) in [4.78, 5) is 18.1. The van der Waals surface area contributed by atoms with Crippen molar-refractivity contribution in [3.63, 3.8) is 0 Å². The third-order valence-corrected chi connectivity index (χ3v) is 5.05. The van der Waals surface area contributed by atoms with Crippen LogP contribution in [0.1, 0.15) is 12.2 Å². The second-order valence-corrected chi connectivity index (χ2v) is 7.90. The molecule has 0 aliphatic rings. The third-order valence-electron chi connectivity index (χ3n) is 3.93. The number of hydrogen-bond acceptors (Lipinski definition) is 6. The molecule has 0 unspecified atom stereocenters. The summed E-state index contributed by atoms with van der Waals surface area (Å²) in [6.07, 6.45) is 2.31. The molecular formula is C17H18N4O4S. The highest BCUT2D eigenvalue weighted by atomic mass is 32.2.